The standard InChI is InChI=1S/C19H21BrN2O3S/c1-13-10-11-22(17-7-5-4-6-15(13)17)19(23)14-8-9-16(20)18(12-14)26(24,25)21(2)3/h4-9,12-13H,10-11H2,1-3H3. The van der Waals surface area contributed by atoms with Crippen LogP contribution in [0.1, 0.15) is 35.2 Å². The van der Waals surface area contributed by atoms with Gasteiger partial charge in [0, 0.05) is 36.4 Å². The molecule has 0 bridgehead atoms. The van der Waals surface area contributed by atoms with Crippen molar-refractivity contribution in [2.75, 3.05) is 25.5 Å². The Labute approximate surface area is 162 Å². The van der Waals surface area contributed by atoms with Gasteiger partial charge in [-0.25, -0.2) is 12.7 Å². The summed E-state index contributed by atoms with van der Waals surface area (Å²) in [7, 11) is -0.706. The van der Waals surface area contributed by atoms with E-state index >= 15 is 0 Å². The number of carbonyl (C=O) groups excluding carboxylic acids is 1. The van der Waals surface area contributed by atoms with E-state index in [1.165, 1.54) is 20.2 Å². The van der Waals surface area contributed by atoms with Gasteiger partial charge in [-0.05, 0) is 58.1 Å². The highest BCUT2D eigenvalue weighted by molar-refractivity contribution is 9.10. The number of benzene rings is 2. The van der Waals surface area contributed by atoms with Gasteiger partial charge in [0.25, 0.3) is 5.91 Å². The maximum absolute atomic E-state index is 13.1. The second-order valence-corrected chi connectivity index (χ2v) is 9.61. The number of hydrogen-bond acceptors (Lipinski definition) is 3. The SMILES string of the molecule is CC1CCN(C(=O)c2ccc(Br)c(S(=O)(=O)N(C)C)c2)c2ccccc21. The van der Waals surface area contributed by atoms with Crippen molar-refractivity contribution >= 4 is 37.5 Å². The maximum Gasteiger partial charge on any atom is 0.258 e. The topological polar surface area (TPSA) is 57.7 Å². The minimum absolute atomic E-state index is 0.0898. The lowest BCUT2D eigenvalue weighted by molar-refractivity contribution is 0.0984. The third-order valence-corrected chi connectivity index (χ3v) is 7.54. The van der Waals surface area contributed by atoms with E-state index in [-0.39, 0.29) is 10.8 Å². The first-order valence-corrected chi connectivity index (χ1v) is 10.6. The molecule has 7 heteroatoms. The molecular weight excluding hydrogens is 416 g/mol. The number of halogens is 1. The molecule has 1 atom stereocenters. The number of rotatable bonds is 3. The van der Waals surface area contributed by atoms with Crippen molar-refractivity contribution in [2.45, 2.75) is 24.2 Å². The highest BCUT2D eigenvalue weighted by Gasteiger charge is 2.28. The summed E-state index contributed by atoms with van der Waals surface area (Å²) in [5.41, 5.74) is 2.40. The van der Waals surface area contributed by atoms with Crippen LogP contribution in [0.5, 0.6) is 0 Å². The van der Waals surface area contributed by atoms with Gasteiger partial charge in [-0.2, -0.15) is 0 Å². The predicted octanol–water partition coefficient (Wildman–Crippen LogP) is 3.85. The molecule has 2 aromatic carbocycles. The van der Waals surface area contributed by atoms with Crippen LogP contribution in [0.25, 0.3) is 0 Å². The highest BCUT2D eigenvalue weighted by atomic mass is 79.9. The summed E-state index contributed by atoms with van der Waals surface area (Å²) in [6, 6.07) is 12.6. The van der Waals surface area contributed by atoms with Crippen molar-refractivity contribution in [3.63, 3.8) is 0 Å². The highest BCUT2D eigenvalue weighted by Crippen LogP contribution is 2.36. The molecule has 0 N–H and O–H groups in total. The Morgan fingerprint density at radius 1 is 1.19 bits per heavy atom. The van der Waals surface area contributed by atoms with E-state index in [1.807, 2.05) is 24.3 Å². The van der Waals surface area contributed by atoms with Crippen LogP contribution in [0.15, 0.2) is 51.8 Å². The van der Waals surface area contributed by atoms with Crippen molar-refractivity contribution in [3.05, 3.63) is 58.1 Å². The fraction of sp³-hybridized carbons (Fsp3) is 0.316. The third kappa shape index (κ3) is 3.31. The summed E-state index contributed by atoms with van der Waals surface area (Å²) in [4.78, 5) is 15.0. The normalized spacial score (nSPS) is 17.3. The van der Waals surface area contributed by atoms with Crippen LogP contribution in [0.2, 0.25) is 0 Å². The van der Waals surface area contributed by atoms with Crippen molar-refractivity contribution in [1.82, 2.24) is 4.31 Å². The Morgan fingerprint density at radius 2 is 1.88 bits per heavy atom. The molecule has 0 saturated carbocycles. The number of fused-ring (bicyclic) bond motifs is 1. The third-order valence-electron chi connectivity index (χ3n) is 4.73. The maximum atomic E-state index is 13.1. The van der Waals surface area contributed by atoms with Crippen LogP contribution >= 0.6 is 15.9 Å². The summed E-state index contributed by atoms with van der Waals surface area (Å²) in [5.74, 6) is 0.205. The van der Waals surface area contributed by atoms with Crippen molar-refractivity contribution in [2.24, 2.45) is 0 Å². The largest absolute Gasteiger partial charge is 0.308 e. The zero-order valence-corrected chi connectivity index (χ0v) is 17.3. The Kier molecular flexibility index (Phi) is 5.23. The molecule has 0 saturated heterocycles. The molecule has 0 radical (unpaired) electrons. The van der Waals surface area contributed by atoms with Crippen molar-refractivity contribution in [3.8, 4) is 0 Å². The van der Waals surface area contributed by atoms with Gasteiger partial charge in [-0.15, -0.1) is 0 Å². The molecule has 26 heavy (non-hydrogen) atoms. The van der Waals surface area contributed by atoms with Gasteiger partial charge in [-0.1, -0.05) is 25.1 Å². The van der Waals surface area contributed by atoms with E-state index in [0.29, 0.717) is 22.5 Å². The molecule has 0 aromatic heterocycles. The molecule has 0 aliphatic carbocycles. The zero-order chi connectivity index (χ0) is 19.1. The summed E-state index contributed by atoms with van der Waals surface area (Å²) < 4.78 is 26.6. The van der Waals surface area contributed by atoms with E-state index in [9.17, 15) is 13.2 Å². The van der Waals surface area contributed by atoms with Gasteiger partial charge >= 0.3 is 0 Å². The van der Waals surface area contributed by atoms with Gasteiger partial charge in [0.1, 0.15) is 0 Å². The summed E-state index contributed by atoms with van der Waals surface area (Å²) in [5, 5.41) is 0. The lowest BCUT2D eigenvalue weighted by Crippen LogP contribution is -2.36. The number of nitrogens with zero attached hydrogens (tertiary/aromatic N) is 2. The number of hydrogen-bond donors (Lipinski definition) is 0. The van der Waals surface area contributed by atoms with E-state index in [4.69, 9.17) is 0 Å². The molecule has 1 aliphatic heterocycles. The monoisotopic (exact) mass is 436 g/mol. The van der Waals surface area contributed by atoms with Gasteiger partial charge in [0.15, 0.2) is 0 Å². The minimum Gasteiger partial charge on any atom is -0.308 e. The van der Waals surface area contributed by atoms with Gasteiger partial charge < -0.3 is 4.90 Å². The molecule has 3 rings (SSSR count). The smallest absolute Gasteiger partial charge is 0.258 e. The molecule has 1 amide bonds. The molecule has 1 aliphatic rings. The first kappa shape index (κ1) is 19.1. The van der Waals surface area contributed by atoms with Crippen LogP contribution < -0.4 is 4.90 Å². The van der Waals surface area contributed by atoms with Crippen molar-refractivity contribution in [1.29, 1.82) is 0 Å². The number of carbonyl (C=O) groups is 1. The van der Waals surface area contributed by atoms with Gasteiger partial charge in [0.2, 0.25) is 10.0 Å². The first-order valence-electron chi connectivity index (χ1n) is 8.36. The summed E-state index contributed by atoms with van der Waals surface area (Å²) in [6.07, 6.45) is 0.877. The number of amides is 1. The van der Waals surface area contributed by atoms with Crippen molar-refractivity contribution < 1.29 is 13.2 Å². The van der Waals surface area contributed by atoms with Crippen LogP contribution in [-0.4, -0.2) is 39.3 Å². The molecule has 1 unspecified atom stereocenters. The second kappa shape index (κ2) is 7.13. The van der Waals surface area contributed by atoms with E-state index in [1.54, 1.807) is 17.0 Å². The quantitative estimate of drug-likeness (QED) is 0.733. The molecule has 2 aromatic rings. The Hall–Kier alpha value is -1.70. The zero-order valence-electron chi connectivity index (χ0n) is 14.9. The van der Waals surface area contributed by atoms with E-state index in [2.05, 4.69) is 22.9 Å². The number of sulfonamides is 1. The minimum atomic E-state index is -3.65. The molecule has 0 fully saturated rings. The van der Waals surface area contributed by atoms with E-state index < -0.39 is 10.0 Å². The van der Waals surface area contributed by atoms with Gasteiger partial charge in [0.05, 0.1) is 4.90 Å². The molecule has 5 nitrogen and oxygen atoms in total. The lowest BCUT2D eigenvalue weighted by Gasteiger charge is -2.33. The number of anilines is 1. The second-order valence-electron chi connectivity index (χ2n) is 6.64. The summed E-state index contributed by atoms with van der Waals surface area (Å²) >= 11 is 3.28. The molecule has 1 heterocycles. The van der Waals surface area contributed by atoms with E-state index in [0.717, 1.165) is 22.0 Å². The number of para-hydroxylation sites is 1. The Morgan fingerprint density at radius 3 is 2.58 bits per heavy atom. The molecule has 0 spiro atoms. The Bertz CT molecular complexity index is 957. The Balaban J connectivity index is 2.04. The fourth-order valence-corrected chi connectivity index (χ4v) is 4.99. The van der Waals surface area contributed by atoms with Crippen LogP contribution in [0.4, 0.5) is 5.69 Å². The molecular formula is C19H21BrN2O3S. The lowest BCUT2D eigenvalue weighted by atomic mass is 9.91. The van der Waals surface area contributed by atoms with Crippen LogP contribution in [0, 0.1) is 0 Å². The fourth-order valence-electron chi connectivity index (χ4n) is 3.15. The van der Waals surface area contributed by atoms with Crippen LogP contribution in [-0.2, 0) is 10.0 Å². The average molecular weight is 437 g/mol. The predicted molar refractivity (Wildman–Crippen MR) is 106 cm³/mol. The summed E-state index contributed by atoms with van der Waals surface area (Å²) in [6.45, 7) is 2.77. The van der Waals surface area contributed by atoms with Gasteiger partial charge in [-0.3, -0.25) is 4.79 Å². The first-order chi connectivity index (χ1) is 12.2. The van der Waals surface area contributed by atoms with Crippen LogP contribution in [0.3, 0.4) is 0 Å². The average Bonchev–Trinajstić information content (AvgIpc) is 2.62. The molecule has 138 valence electrons.